The number of thiazole rings is 1. The molecule has 0 aliphatic carbocycles. The number of halogens is 1. The van der Waals surface area contributed by atoms with E-state index in [1.165, 1.54) is 24.8 Å². The van der Waals surface area contributed by atoms with E-state index in [2.05, 4.69) is 16.3 Å². The van der Waals surface area contributed by atoms with E-state index in [1.54, 1.807) is 32.3 Å². The Hall–Kier alpha value is -3.07. The lowest BCUT2D eigenvalue weighted by Gasteiger charge is -2.17. The fourth-order valence-electron chi connectivity index (χ4n) is 2.41. The SMILES string of the molecule is C=C(F)/C=C\c1c(C(=O)c2nc(C(=O)OC)cs2)cn(COC(=O)C(C)(C)C)c1C. The minimum Gasteiger partial charge on any atom is -0.464 e. The van der Waals surface area contributed by atoms with Crippen LogP contribution in [0.15, 0.2) is 30.1 Å². The first-order valence-electron chi connectivity index (χ1n) is 8.93. The van der Waals surface area contributed by atoms with Crippen LogP contribution in [0.1, 0.15) is 57.9 Å². The van der Waals surface area contributed by atoms with E-state index in [4.69, 9.17) is 4.74 Å². The summed E-state index contributed by atoms with van der Waals surface area (Å²) in [4.78, 5) is 40.7. The first kappa shape index (κ1) is 23.2. The van der Waals surface area contributed by atoms with E-state index in [9.17, 15) is 18.8 Å². The number of hydrogen-bond donors (Lipinski definition) is 0. The van der Waals surface area contributed by atoms with Gasteiger partial charge in [0, 0.05) is 22.8 Å². The van der Waals surface area contributed by atoms with Crippen LogP contribution < -0.4 is 0 Å². The molecule has 0 saturated heterocycles. The van der Waals surface area contributed by atoms with Crippen molar-refractivity contribution in [2.75, 3.05) is 7.11 Å². The van der Waals surface area contributed by atoms with E-state index < -0.39 is 29.0 Å². The summed E-state index contributed by atoms with van der Waals surface area (Å²) in [6.45, 7) is 9.98. The molecule has 0 aliphatic heterocycles. The lowest BCUT2D eigenvalue weighted by atomic mass is 9.98. The highest BCUT2D eigenvalue weighted by atomic mass is 32.1. The van der Waals surface area contributed by atoms with Gasteiger partial charge in [0.15, 0.2) is 17.4 Å². The predicted octanol–water partition coefficient (Wildman–Crippen LogP) is 4.31. The number of carbonyl (C=O) groups excluding carboxylic acids is 3. The van der Waals surface area contributed by atoms with Crippen molar-refractivity contribution in [1.82, 2.24) is 9.55 Å². The summed E-state index contributed by atoms with van der Waals surface area (Å²) in [6.07, 6.45) is 4.06. The van der Waals surface area contributed by atoms with Crippen molar-refractivity contribution in [1.29, 1.82) is 0 Å². The molecular formula is C21H23FN2O5S. The number of ketones is 1. The van der Waals surface area contributed by atoms with Crippen molar-refractivity contribution < 1.29 is 28.2 Å². The van der Waals surface area contributed by atoms with E-state index in [-0.39, 0.29) is 23.0 Å². The summed E-state index contributed by atoms with van der Waals surface area (Å²) in [5.41, 5.74) is 0.584. The number of hydrogen-bond acceptors (Lipinski definition) is 7. The Bertz CT molecular complexity index is 1030. The van der Waals surface area contributed by atoms with Crippen LogP contribution in [0.4, 0.5) is 4.39 Å². The van der Waals surface area contributed by atoms with Gasteiger partial charge in [-0.1, -0.05) is 6.58 Å². The smallest absolute Gasteiger partial charge is 0.357 e. The molecule has 0 N–H and O–H groups in total. The Balaban J connectivity index is 2.42. The Morgan fingerprint density at radius 1 is 1.33 bits per heavy atom. The topological polar surface area (TPSA) is 87.5 Å². The highest BCUT2D eigenvalue weighted by Crippen LogP contribution is 2.25. The first-order chi connectivity index (χ1) is 14.0. The van der Waals surface area contributed by atoms with Crippen LogP contribution in [0.3, 0.4) is 0 Å². The fraction of sp³-hybridized carbons (Fsp3) is 0.333. The lowest BCUT2D eigenvalue weighted by Crippen LogP contribution is -2.24. The van der Waals surface area contributed by atoms with Crippen molar-refractivity contribution in [2.45, 2.75) is 34.4 Å². The summed E-state index contributed by atoms with van der Waals surface area (Å²) in [5.74, 6) is -2.19. The second kappa shape index (κ2) is 9.17. The number of nitrogens with zero attached hydrogens (tertiary/aromatic N) is 2. The monoisotopic (exact) mass is 434 g/mol. The molecule has 30 heavy (non-hydrogen) atoms. The fourth-order valence-corrected chi connectivity index (χ4v) is 3.15. The quantitative estimate of drug-likeness (QED) is 0.367. The lowest BCUT2D eigenvalue weighted by molar-refractivity contribution is -0.157. The van der Waals surface area contributed by atoms with Gasteiger partial charge in [-0.25, -0.2) is 14.2 Å². The van der Waals surface area contributed by atoms with Crippen LogP contribution in [-0.4, -0.2) is 34.4 Å². The molecule has 0 fully saturated rings. The number of aromatic nitrogens is 2. The van der Waals surface area contributed by atoms with Crippen molar-refractivity contribution >= 4 is 35.1 Å². The molecule has 0 saturated carbocycles. The number of carbonyl (C=O) groups is 3. The van der Waals surface area contributed by atoms with E-state index in [0.29, 0.717) is 11.3 Å². The molecule has 0 spiro atoms. The van der Waals surface area contributed by atoms with Gasteiger partial charge in [0.25, 0.3) is 0 Å². The highest BCUT2D eigenvalue weighted by molar-refractivity contribution is 7.12. The molecule has 2 rings (SSSR count). The second-order valence-electron chi connectivity index (χ2n) is 7.46. The summed E-state index contributed by atoms with van der Waals surface area (Å²) < 4.78 is 24.7. The molecule has 0 radical (unpaired) electrons. The van der Waals surface area contributed by atoms with Gasteiger partial charge in [0.1, 0.15) is 5.83 Å². The Morgan fingerprint density at radius 2 is 2.00 bits per heavy atom. The molecular weight excluding hydrogens is 411 g/mol. The molecule has 2 aromatic heterocycles. The van der Waals surface area contributed by atoms with E-state index in [1.807, 2.05) is 0 Å². The molecule has 0 unspecified atom stereocenters. The van der Waals surface area contributed by atoms with E-state index in [0.717, 1.165) is 17.4 Å². The summed E-state index contributed by atoms with van der Waals surface area (Å²) in [7, 11) is 1.22. The van der Waals surface area contributed by atoms with Crippen LogP contribution >= 0.6 is 11.3 Å². The predicted molar refractivity (Wildman–Crippen MR) is 111 cm³/mol. The molecule has 0 aromatic carbocycles. The average molecular weight is 434 g/mol. The molecule has 160 valence electrons. The second-order valence-corrected chi connectivity index (χ2v) is 8.32. The molecule has 7 nitrogen and oxygen atoms in total. The minimum atomic E-state index is -0.681. The van der Waals surface area contributed by atoms with Crippen molar-refractivity contribution in [2.24, 2.45) is 5.41 Å². The normalized spacial score (nSPS) is 11.5. The summed E-state index contributed by atoms with van der Waals surface area (Å²) in [6, 6.07) is 0. The number of esters is 2. The van der Waals surface area contributed by atoms with Gasteiger partial charge in [-0.3, -0.25) is 9.59 Å². The number of methoxy groups -OCH3 is 1. The zero-order chi connectivity index (χ0) is 22.6. The molecule has 0 amide bonds. The maximum atomic E-state index is 13.2. The van der Waals surface area contributed by atoms with Gasteiger partial charge in [0.2, 0.25) is 5.78 Å². The third-order valence-electron chi connectivity index (χ3n) is 4.11. The number of allylic oxidation sites excluding steroid dienone is 2. The molecule has 0 bridgehead atoms. The third-order valence-corrected chi connectivity index (χ3v) is 4.95. The standard InChI is InChI=1S/C21H23FN2O5S/c1-12(22)7-8-14-13(2)24(11-29-20(27)21(3,4)5)9-15(14)17(25)18-23-16(10-30-18)19(26)28-6/h7-10H,1,11H2,2-6H3/b8-7-. The molecule has 2 aromatic rings. The summed E-state index contributed by atoms with van der Waals surface area (Å²) in [5, 5.41) is 1.50. The zero-order valence-electron chi connectivity index (χ0n) is 17.4. The van der Waals surface area contributed by atoms with Crippen LogP contribution in [0, 0.1) is 12.3 Å². The van der Waals surface area contributed by atoms with Crippen molar-refractivity contribution in [3.63, 3.8) is 0 Å². The molecule has 0 atom stereocenters. The number of ether oxygens (including phenoxy) is 2. The largest absolute Gasteiger partial charge is 0.464 e. The molecule has 0 aliphatic rings. The van der Waals surface area contributed by atoms with Gasteiger partial charge in [-0.05, 0) is 39.8 Å². The van der Waals surface area contributed by atoms with Gasteiger partial charge in [0.05, 0.1) is 18.1 Å². The van der Waals surface area contributed by atoms with Crippen LogP contribution in [0.5, 0.6) is 0 Å². The molecule has 2 heterocycles. The van der Waals surface area contributed by atoms with Gasteiger partial charge in [-0.2, -0.15) is 0 Å². The zero-order valence-corrected chi connectivity index (χ0v) is 18.3. The maximum absolute atomic E-state index is 13.2. The van der Waals surface area contributed by atoms with Crippen LogP contribution in [0.25, 0.3) is 6.08 Å². The van der Waals surface area contributed by atoms with Gasteiger partial charge in [-0.15, -0.1) is 11.3 Å². The number of rotatable bonds is 7. The average Bonchev–Trinajstić information content (AvgIpc) is 3.28. The first-order valence-corrected chi connectivity index (χ1v) is 9.81. The summed E-state index contributed by atoms with van der Waals surface area (Å²) >= 11 is 0.994. The van der Waals surface area contributed by atoms with Gasteiger partial charge < -0.3 is 14.0 Å². The maximum Gasteiger partial charge on any atom is 0.357 e. The highest BCUT2D eigenvalue weighted by Gasteiger charge is 2.25. The Morgan fingerprint density at radius 3 is 2.57 bits per heavy atom. The van der Waals surface area contributed by atoms with Crippen LogP contribution in [0.2, 0.25) is 0 Å². The third kappa shape index (κ3) is 5.29. The van der Waals surface area contributed by atoms with E-state index >= 15 is 0 Å². The van der Waals surface area contributed by atoms with Gasteiger partial charge >= 0.3 is 11.9 Å². The van der Waals surface area contributed by atoms with Crippen LogP contribution in [-0.2, 0) is 21.0 Å². The van der Waals surface area contributed by atoms with Crippen molar-refractivity contribution in [3.05, 3.63) is 57.6 Å². The van der Waals surface area contributed by atoms with Crippen molar-refractivity contribution in [3.8, 4) is 0 Å². The minimum absolute atomic E-state index is 0.0235. The Labute approximate surface area is 177 Å². The Kier molecular flexibility index (Phi) is 7.09. The molecule has 9 heteroatoms.